The molecule has 15 heavy (non-hydrogen) atoms. The van der Waals surface area contributed by atoms with Gasteiger partial charge in [0, 0.05) is 16.2 Å². The molecule has 0 aliphatic rings. The molecule has 0 radical (unpaired) electrons. The molecule has 0 aliphatic heterocycles. The maximum Gasteiger partial charge on any atom is 0.389 e. The maximum absolute atomic E-state index is 11.9. The summed E-state index contributed by atoms with van der Waals surface area (Å²) in [5.74, 6) is 0. The van der Waals surface area contributed by atoms with E-state index < -0.39 is 18.7 Å². The molecule has 86 valence electrons. The summed E-state index contributed by atoms with van der Waals surface area (Å²) in [5.41, 5.74) is 1.01. The standard InChI is InChI=1S/C10H13F3OS/c1-6-5-9(15-7(6)2)8(14)3-4-10(11,12)13/h5,8,14H,3-4H2,1-2H3. The highest BCUT2D eigenvalue weighted by atomic mass is 32.1. The topological polar surface area (TPSA) is 20.2 Å². The fourth-order valence-electron chi connectivity index (χ4n) is 1.21. The Bertz CT molecular complexity index is 310. The minimum atomic E-state index is -4.19. The van der Waals surface area contributed by atoms with Crippen molar-refractivity contribution in [2.24, 2.45) is 0 Å². The van der Waals surface area contributed by atoms with Gasteiger partial charge in [0.05, 0.1) is 6.10 Å². The Hall–Kier alpha value is -0.550. The molecule has 0 aliphatic carbocycles. The van der Waals surface area contributed by atoms with E-state index in [0.717, 1.165) is 10.4 Å². The van der Waals surface area contributed by atoms with E-state index in [-0.39, 0.29) is 6.42 Å². The van der Waals surface area contributed by atoms with E-state index in [1.54, 1.807) is 6.07 Å². The highest BCUT2D eigenvalue weighted by Gasteiger charge is 2.28. The Morgan fingerprint density at radius 3 is 2.40 bits per heavy atom. The molecule has 0 amide bonds. The Kier molecular flexibility index (Phi) is 3.78. The lowest BCUT2D eigenvalue weighted by atomic mass is 10.1. The summed E-state index contributed by atoms with van der Waals surface area (Å²) < 4.78 is 35.7. The van der Waals surface area contributed by atoms with Gasteiger partial charge in [-0.25, -0.2) is 0 Å². The third-order valence-corrected chi connectivity index (χ3v) is 3.47. The first-order valence-corrected chi connectivity index (χ1v) is 5.43. The second-order valence-electron chi connectivity index (χ2n) is 3.56. The van der Waals surface area contributed by atoms with Crippen LogP contribution in [0.25, 0.3) is 0 Å². The van der Waals surface area contributed by atoms with E-state index in [1.807, 2.05) is 13.8 Å². The molecular weight excluding hydrogens is 225 g/mol. The van der Waals surface area contributed by atoms with Crippen LogP contribution in [0.15, 0.2) is 6.07 Å². The van der Waals surface area contributed by atoms with E-state index in [4.69, 9.17) is 0 Å². The fourth-order valence-corrected chi connectivity index (χ4v) is 2.27. The maximum atomic E-state index is 11.9. The smallest absolute Gasteiger partial charge is 0.388 e. The molecule has 1 unspecified atom stereocenters. The monoisotopic (exact) mass is 238 g/mol. The van der Waals surface area contributed by atoms with Crippen molar-refractivity contribution < 1.29 is 18.3 Å². The highest BCUT2D eigenvalue weighted by molar-refractivity contribution is 7.12. The van der Waals surface area contributed by atoms with Crippen LogP contribution in [0, 0.1) is 13.8 Å². The van der Waals surface area contributed by atoms with Crippen LogP contribution in [0.3, 0.4) is 0 Å². The Morgan fingerprint density at radius 1 is 1.40 bits per heavy atom. The van der Waals surface area contributed by atoms with Gasteiger partial charge in [-0.2, -0.15) is 13.2 Å². The molecule has 1 aromatic rings. The molecular formula is C10H13F3OS. The van der Waals surface area contributed by atoms with E-state index in [1.165, 1.54) is 11.3 Å². The quantitative estimate of drug-likeness (QED) is 0.850. The third kappa shape index (κ3) is 3.83. The van der Waals surface area contributed by atoms with Crippen molar-refractivity contribution in [3.63, 3.8) is 0 Å². The number of halogens is 3. The van der Waals surface area contributed by atoms with E-state index >= 15 is 0 Å². The van der Waals surface area contributed by atoms with Gasteiger partial charge in [-0.3, -0.25) is 0 Å². The van der Waals surface area contributed by atoms with Gasteiger partial charge in [-0.1, -0.05) is 0 Å². The van der Waals surface area contributed by atoms with Crippen LogP contribution in [-0.2, 0) is 0 Å². The predicted molar refractivity (Wildman–Crippen MR) is 54.0 cm³/mol. The van der Waals surface area contributed by atoms with E-state index in [2.05, 4.69) is 0 Å². The van der Waals surface area contributed by atoms with Crippen molar-refractivity contribution in [1.29, 1.82) is 0 Å². The highest BCUT2D eigenvalue weighted by Crippen LogP contribution is 2.32. The molecule has 1 N–H and O–H groups in total. The van der Waals surface area contributed by atoms with Crippen LogP contribution in [0.5, 0.6) is 0 Å². The number of thiophene rings is 1. The molecule has 0 fully saturated rings. The molecule has 0 aromatic carbocycles. The average Bonchev–Trinajstić information content (AvgIpc) is 2.42. The third-order valence-electron chi connectivity index (χ3n) is 2.21. The molecule has 1 aromatic heterocycles. The SMILES string of the molecule is Cc1cc(C(O)CCC(F)(F)F)sc1C. The number of aliphatic hydroxyl groups is 1. The fraction of sp³-hybridized carbons (Fsp3) is 0.600. The van der Waals surface area contributed by atoms with Gasteiger partial charge in [0.25, 0.3) is 0 Å². The van der Waals surface area contributed by atoms with Gasteiger partial charge in [0.15, 0.2) is 0 Å². The van der Waals surface area contributed by atoms with Crippen LogP contribution >= 0.6 is 11.3 Å². The van der Waals surface area contributed by atoms with E-state index in [0.29, 0.717) is 4.88 Å². The summed E-state index contributed by atoms with van der Waals surface area (Å²) >= 11 is 1.36. The lowest BCUT2D eigenvalue weighted by Crippen LogP contribution is -2.09. The number of alkyl halides is 3. The Morgan fingerprint density at radius 2 is 2.00 bits per heavy atom. The van der Waals surface area contributed by atoms with Crippen molar-refractivity contribution in [3.8, 4) is 0 Å². The van der Waals surface area contributed by atoms with Crippen molar-refractivity contribution in [3.05, 3.63) is 21.4 Å². The molecule has 1 rings (SSSR count). The summed E-state index contributed by atoms with van der Waals surface area (Å²) in [6, 6.07) is 1.75. The molecule has 1 heterocycles. The molecule has 0 bridgehead atoms. The average molecular weight is 238 g/mol. The zero-order chi connectivity index (χ0) is 11.6. The summed E-state index contributed by atoms with van der Waals surface area (Å²) in [7, 11) is 0. The van der Waals surface area contributed by atoms with Crippen molar-refractivity contribution in [1.82, 2.24) is 0 Å². The van der Waals surface area contributed by atoms with Crippen LogP contribution in [0.2, 0.25) is 0 Å². The molecule has 1 nitrogen and oxygen atoms in total. The predicted octanol–water partition coefficient (Wildman–Crippen LogP) is 3.74. The molecule has 5 heteroatoms. The Labute approximate surface area is 90.6 Å². The summed E-state index contributed by atoms with van der Waals surface area (Å²) in [6.45, 7) is 3.77. The van der Waals surface area contributed by atoms with Crippen molar-refractivity contribution >= 4 is 11.3 Å². The second-order valence-corrected chi connectivity index (χ2v) is 4.85. The summed E-state index contributed by atoms with van der Waals surface area (Å²) in [5, 5.41) is 9.53. The van der Waals surface area contributed by atoms with Gasteiger partial charge < -0.3 is 5.11 Å². The molecule has 0 saturated carbocycles. The summed E-state index contributed by atoms with van der Waals surface area (Å²) in [4.78, 5) is 1.66. The first-order chi connectivity index (χ1) is 6.79. The van der Waals surface area contributed by atoms with Gasteiger partial charge in [-0.15, -0.1) is 11.3 Å². The minimum Gasteiger partial charge on any atom is -0.388 e. The Balaban J connectivity index is 2.58. The van der Waals surface area contributed by atoms with Gasteiger partial charge in [0.1, 0.15) is 0 Å². The number of hydrogen-bond donors (Lipinski definition) is 1. The molecule has 0 saturated heterocycles. The van der Waals surface area contributed by atoms with Crippen LogP contribution in [-0.4, -0.2) is 11.3 Å². The zero-order valence-electron chi connectivity index (χ0n) is 8.56. The number of rotatable bonds is 3. The zero-order valence-corrected chi connectivity index (χ0v) is 9.37. The lowest BCUT2D eigenvalue weighted by molar-refractivity contribution is -0.140. The summed E-state index contributed by atoms with van der Waals surface area (Å²) in [6.07, 6.45) is -6.39. The van der Waals surface area contributed by atoms with Crippen molar-refractivity contribution in [2.75, 3.05) is 0 Å². The second kappa shape index (κ2) is 4.53. The van der Waals surface area contributed by atoms with Crippen LogP contribution in [0.1, 0.15) is 34.3 Å². The largest absolute Gasteiger partial charge is 0.389 e. The van der Waals surface area contributed by atoms with Crippen molar-refractivity contribution in [2.45, 2.75) is 39.0 Å². The van der Waals surface area contributed by atoms with Gasteiger partial charge in [-0.05, 0) is 31.9 Å². The normalized spacial score (nSPS) is 14.3. The van der Waals surface area contributed by atoms with Crippen LogP contribution < -0.4 is 0 Å². The van der Waals surface area contributed by atoms with Gasteiger partial charge in [0.2, 0.25) is 0 Å². The first kappa shape index (κ1) is 12.5. The minimum absolute atomic E-state index is 0.261. The number of aryl methyl sites for hydroxylation is 2. The van der Waals surface area contributed by atoms with Gasteiger partial charge >= 0.3 is 6.18 Å². The first-order valence-electron chi connectivity index (χ1n) is 4.61. The molecule has 1 atom stereocenters. The number of hydrogen-bond acceptors (Lipinski definition) is 2. The van der Waals surface area contributed by atoms with E-state index in [9.17, 15) is 18.3 Å². The van der Waals surface area contributed by atoms with Crippen LogP contribution in [0.4, 0.5) is 13.2 Å². The lowest BCUT2D eigenvalue weighted by Gasteiger charge is -2.10. The molecule has 0 spiro atoms. The number of aliphatic hydroxyl groups excluding tert-OH is 1.